The maximum Gasteiger partial charge on any atom is 0.260 e. The number of piperidine rings is 1. The smallest absolute Gasteiger partial charge is 0.260 e. The van der Waals surface area contributed by atoms with Gasteiger partial charge in [-0.25, -0.2) is 14.4 Å². The van der Waals surface area contributed by atoms with Gasteiger partial charge in [-0.15, -0.1) is 0 Å². The Bertz CT molecular complexity index is 1250. The summed E-state index contributed by atoms with van der Waals surface area (Å²) in [5.74, 6) is 0.499. The summed E-state index contributed by atoms with van der Waals surface area (Å²) < 4.78 is 19.2. The van der Waals surface area contributed by atoms with E-state index in [0.717, 1.165) is 74.5 Å². The quantitative estimate of drug-likeness (QED) is 0.597. The Kier molecular flexibility index (Phi) is 6.29. The first kappa shape index (κ1) is 23.1. The van der Waals surface area contributed by atoms with Gasteiger partial charge in [-0.2, -0.15) is 5.26 Å². The monoisotopic (exact) mass is 476 g/mol. The van der Waals surface area contributed by atoms with Crippen LogP contribution < -0.4 is 9.64 Å². The van der Waals surface area contributed by atoms with Crippen LogP contribution in [0, 0.1) is 22.6 Å². The highest BCUT2D eigenvalue weighted by Crippen LogP contribution is 2.46. The Morgan fingerprint density at radius 3 is 2.74 bits per heavy atom. The number of likely N-dealkylation sites (tertiary alicyclic amines) is 1. The largest absolute Gasteiger partial charge is 0.484 e. The first-order valence-electron chi connectivity index (χ1n) is 12.1. The lowest BCUT2D eigenvalue weighted by Crippen LogP contribution is -2.47. The molecule has 0 bridgehead atoms. The zero-order valence-electron chi connectivity index (χ0n) is 19.8. The van der Waals surface area contributed by atoms with Crippen LogP contribution >= 0.6 is 0 Å². The molecular formula is C26H29FN6O2. The van der Waals surface area contributed by atoms with Crippen molar-refractivity contribution in [1.29, 1.82) is 5.26 Å². The van der Waals surface area contributed by atoms with Gasteiger partial charge in [0.15, 0.2) is 6.61 Å². The molecule has 1 saturated heterocycles. The zero-order valence-corrected chi connectivity index (χ0v) is 19.8. The third-order valence-corrected chi connectivity index (χ3v) is 7.83. The molecule has 1 spiro atoms. The second-order valence-corrected chi connectivity index (χ2v) is 9.70. The summed E-state index contributed by atoms with van der Waals surface area (Å²) in [5, 5.41) is 9.88. The highest BCUT2D eigenvalue weighted by molar-refractivity contribution is 5.87. The van der Waals surface area contributed by atoms with Crippen LogP contribution in [0.1, 0.15) is 44.1 Å². The molecule has 182 valence electrons. The summed E-state index contributed by atoms with van der Waals surface area (Å²) in [6.45, 7) is 1.32. The summed E-state index contributed by atoms with van der Waals surface area (Å²) in [7, 11) is 2.12. The maximum absolute atomic E-state index is 13.8. The van der Waals surface area contributed by atoms with Crippen LogP contribution in [0.4, 0.5) is 10.2 Å². The van der Waals surface area contributed by atoms with E-state index in [0.29, 0.717) is 11.5 Å². The molecule has 1 amide bonds. The minimum atomic E-state index is -0.643. The van der Waals surface area contributed by atoms with Crippen LogP contribution in [0.25, 0.3) is 11.0 Å². The maximum atomic E-state index is 13.8. The average molecular weight is 477 g/mol. The van der Waals surface area contributed by atoms with Crippen LogP contribution in [0.3, 0.4) is 0 Å². The van der Waals surface area contributed by atoms with Crippen molar-refractivity contribution in [2.45, 2.75) is 44.6 Å². The van der Waals surface area contributed by atoms with Gasteiger partial charge >= 0.3 is 0 Å². The number of nitrogens with zero attached hydrogens (tertiary/aromatic N) is 5. The Labute approximate surface area is 203 Å². The van der Waals surface area contributed by atoms with Crippen molar-refractivity contribution in [3.05, 3.63) is 48.2 Å². The predicted molar refractivity (Wildman–Crippen MR) is 129 cm³/mol. The highest BCUT2D eigenvalue weighted by Gasteiger charge is 2.40. The van der Waals surface area contributed by atoms with E-state index in [1.165, 1.54) is 12.1 Å². The molecule has 35 heavy (non-hydrogen) atoms. The van der Waals surface area contributed by atoms with E-state index in [2.05, 4.69) is 26.9 Å². The van der Waals surface area contributed by atoms with Gasteiger partial charge < -0.3 is 19.5 Å². The van der Waals surface area contributed by atoms with Crippen LogP contribution in [0.5, 0.6) is 5.75 Å². The second kappa shape index (κ2) is 9.53. The van der Waals surface area contributed by atoms with E-state index in [-0.39, 0.29) is 23.8 Å². The number of ether oxygens (including phenoxy) is 1. The molecule has 0 unspecified atom stereocenters. The Morgan fingerprint density at radius 2 is 2.03 bits per heavy atom. The van der Waals surface area contributed by atoms with E-state index >= 15 is 0 Å². The molecule has 2 fully saturated rings. The summed E-state index contributed by atoms with van der Waals surface area (Å²) in [4.78, 5) is 28.8. The van der Waals surface area contributed by atoms with Crippen molar-refractivity contribution in [1.82, 2.24) is 19.9 Å². The van der Waals surface area contributed by atoms with Crippen molar-refractivity contribution >= 4 is 22.8 Å². The number of aromatic amines is 1. The van der Waals surface area contributed by atoms with Gasteiger partial charge in [0.1, 0.15) is 35.4 Å². The number of aromatic nitrogens is 3. The molecule has 2 aliphatic rings. The number of carbonyl (C=O) groups excluding carboxylic acids is 1. The predicted octanol–water partition coefficient (Wildman–Crippen LogP) is 4.04. The van der Waals surface area contributed by atoms with Crippen molar-refractivity contribution < 1.29 is 13.9 Å². The van der Waals surface area contributed by atoms with Gasteiger partial charge in [0.25, 0.3) is 5.91 Å². The summed E-state index contributed by atoms with van der Waals surface area (Å²) in [6.07, 6.45) is 10.0. The number of rotatable bonds is 5. The number of fused-ring (bicyclic) bond motifs is 1. The van der Waals surface area contributed by atoms with E-state index in [1.54, 1.807) is 12.4 Å². The number of nitriles is 1. The first-order valence-corrected chi connectivity index (χ1v) is 12.1. The van der Waals surface area contributed by atoms with Crippen molar-refractivity contribution in [3.63, 3.8) is 0 Å². The van der Waals surface area contributed by atoms with E-state index < -0.39 is 5.82 Å². The summed E-state index contributed by atoms with van der Waals surface area (Å²) in [6, 6.07) is 8.26. The molecule has 0 atom stereocenters. The number of hydrogen-bond acceptors (Lipinski definition) is 6. The minimum absolute atomic E-state index is 0.0410. The highest BCUT2D eigenvalue weighted by atomic mass is 19.1. The van der Waals surface area contributed by atoms with Gasteiger partial charge in [0.2, 0.25) is 0 Å². The lowest BCUT2D eigenvalue weighted by Gasteiger charge is -2.47. The van der Waals surface area contributed by atoms with Gasteiger partial charge in [0.05, 0.1) is 10.9 Å². The van der Waals surface area contributed by atoms with Crippen LogP contribution in [-0.2, 0) is 4.79 Å². The number of anilines is 1. The first-order chi connectivity index (χ1) is 17.0. The molecule has 3 heterocycles. The molecule has 2 aromatic heterocycles. The Balaban J connectivity index is 1.12. The summed E-state index contributed by atoms with van der Waals surface area (Å²) >= 11 is 0. The molecule has 5 rings (SSSR count). The average Bonchev–Trinajstić information content (AvgIpc) is 3.37. The second-order valence-electron chi connectivity index (χ2n) is 9.70. The SMILES string of the molecule is CN(c1ncnc2[nH]ccc12)C1CCC2(CC1)CCN(C(=O)COc1ccc(C#N)c(F)c1)CC2. The fourth-order valence-corrected chi connectivity index (χ4v) is 5.56. The van der Waals surface area contributed by atoms with E-state index in [9.17, 15) is 9.18 Å². The van der Waals surface area contributed by atoms with E-state index in [1.807, 2.05) is 17.2 Å². The number of carbonyl (C=O) groups is 1. The van der Waals surface area contributed by atoms with Gasteiger partial charge in [-0.1, -0.05) is 0 Å². The molecule has 1 aliphatic carbocycles. The normalized spacial score (nSPS) is 17.9. The minimum Gasteiger partial charge on any atom is -0.484 e. The molecule has 1 aliphatic heterocycles. The summed E-state index contributed by atoms with van der Waals surface area (Å²) in [5.41, 5.74) is 1.11. The standard InChI is InChI=1S/C26H29FN6O2/c1-32(25-21-6-11-29-24(21)30-17-31-25)19-4-7-26(8-5-19)9-12-33(13-10-26)23(34)16-35-20-3-2-18(15-28)22(27)14-20/h2-3,6,11,14,17,19H,4-5,7-10,12-13,16H2,1H3,(H,29,30,31). The van der Waals surface area contributed by atoms with Crippen LogP contribution in [-0.4, -0.2) is 58.5 Å². The fraction of sp³-hybridized carbons (Fsp3) is 0.462. The van der Waals surface area contributed by atoms with Crippen LogP contribution in [0.2, 0.25) is 0 Å². The number of hydrogen-bond donors (Lipinski definition) is 1. The lowest BCUT2D eigenvalue weighted by atomic mass is 9.66. The number of benzene rings is 1. The number of nitrogens with one attached hydrogen (secondary N) is 1. The molecular weight excluding hydrogens is 447 g/mol. The number of halogens is 1. The van der Waals surface area contributed by atoms with Crippen molar-refractivity contribution in [3.8, 4) is 11.8 Å². The number of amides is 1. The zero-order chi connectivity index (χ0) is 24.4. The molecule has 0 radical (unpaired) electrons. The van der Waals surface area contributed by atoms with Gasteiger partial charge in [-0.05, 0) is 62.1 Å². The Morgan fingerprint density at radius 1 is 1.26 bits per heavy atom. The Hall–Kier alpha value is -3.67. The van der Waals surface area contributed by atoms with Crippen molar-refractivity contribution in [2.75, 3.05) is 31.6 Å². The third-order valence-electron chi connectivity index (χ3n) is 7.83. The third kappa shape index (κ3) is 4.65. The topological polar surface area (TPSA) is 98.1 Å². The molecule has 9 heteroatoms. The molecule has 1 aromatic carbocycles. The molecule has 1 N–H and O–H groups in total. The molecule has 3 aromatic rings. The van der Waals surface area contributed by atoms with E-state index in [4.69, 9.17) is 10.00 Å². The molecule has 1 saturated carbocycles. The number of H-pyrrole nitrogens is 1. The lowest BCUT2D eigenvalue weighted by molar-refractivity contribution is -0.136. The molecule has 8 nitrogen and oxygen atoms in total. The fourth-order valence-electron chi connectivity index (χ4n) is 5.56. The van der Waals surface area contributed by atoms with Crippen LogP contribution in [0.15, 0.2) is 36.8 Å². The van der Waals surface area contributed by atoms with Gasteiger partial charge in [0, 0.05) is 38.4 Å². The van der Waals surface area contributed by atoms with Gasteiger partial charge in [-0.3, -0.25) is 4.79 Å². The van der Waals surface area contributed by atoms with Crippen molar-refractivity contribution in [2.24, 2.45) is 5.41 Å².